The Morgan fingerprint density at radius 1 is 1.00 bits per heavy atom. The van der Waals surface area contributed by atoms with Gasteiger partial charge in [-0.1, -0.05) is 0 Å². The first-order valence-electron chi connectivity index (χ1n) is 1.96. The molecule has 0 aliphatic carbocycles. The summed E-state index contributed by atoms with van der Waals surface area (Å²) in [5.41, 5.74) is -0.752. The van der Waals surface area contributed by atoms with Gasteiger partial charge in [-0.05, 0) is 0 Å². The Kier molecular flexibility index (Phi) is 4.94. The smallest absolute Gasteiger partial charge is 0.110 e. The topological polar surface area (TPSA) is 20.2 Å². The number of hydrogen-bond donors (Lipinski definition) is 5. The maximum atomic E-state index is 8.68. The Labute approximate surface area is 70.9 Å². The van der Waals surface area contributed by atoms with Crippen LogP contribution in [0.4, 0.5) is 0 Å². The minimum atomic E-state index is -0.752. The van der Waals surface area contributed by atoms with Crippen molar-refractivity contribution in [3.63, 3.8) is 0 Å². The predicted molar refractivity (Wildman–Crippen MR) is 49.5 cm³/mol. The van der Waals surface area contributed by atoms with Crippen LogP contribution in [0, 0.1) is 0 Å². The summed E-state index contributed by atoms with van der Waals surface area (Å²) >= 11 is 15.5. The first-order valence-corrected chi connectivity index (χ1v) is 4.02. The van der Waals surface area contributed by atoms with Gasteiger partial charge in [0.25, 0.3) is 0 Å². The molecule has 0 aromatic heterocycles. The van der Waals surface area contributed by atoms with E-state index < -0.39 is 5.44 Å². The van der Waals surface area contributed by atoms with E-state index in [1.54, 1.807) is 0 Å². The monoisotopic (exact) mass is 188 g/mol. The standard InChI is InChI=1S/C3H8OS4/c4-2(6)1(5)3(7)8/h1-8H. The average molecular weight is 188 g/mol. The SMILES string of the molecule is OC(S)C(S)C(S)S. The zero-order valence-electron chi connectivity index (χ0n) is 3.97. The molecule has 0 amide bonds. The van der Waals surface area contributed by atoms with Gasteiger partial charge in [0.15, 0.2) is 0 Å². The molecule has 0 radical (unpaired) electrons. The molecule has 0 aromatic carbocycles. The second kappa shape index (κ2) is 4.22. The van der Waals surface area contributed by atoms with Gasteiger partial charge in [0.1, 0.15) is 5.44 Å². The lowest BCUT2D eigenvalue weighted by Crippen LogP contribution is -2.21. The number of aliphatic hydroxyl groups excluding tert-OH is 1. The zero-order valence-corrected chi connectivity index (χ0v) is 7.55. The summed E-state index contributed by atoms with van der Waals surface area (Å²) in [6, 6.07) is 0. The molecule has 0 aromatic rings. The van der Waals surface area contributed by atoms with Gasteiger partial charge in [0.2, 0.25) is 0 Å². The van der Waals surface area contributed by atoms with Gasteiger partial charge in [0, 0.05) is 0 Å². The van der Waals surface area contributed by atoms with Gasteiger partial charge in [-0.25, -0.2) is 0 Å². The van der Waals surface area contributed by atoms with Crippen LogP contribution in [0.5, 0.6) is 0 Å². The van der Waals surface area contributed by atoms with E-state index in [0.717, 1.165) is 0 Å². The lowest BCUT2D eigenvalue weighted by Gasteiger charge is -2.14. The van der Waals surface area contributed by atoms with Crippen molar-refractivity contribution in [1.82, 2.24) is 0 Å². The van der Waals surface area contributed by atoms with E-state index in [4.69, 9.17) is 5.11 Å². The Morgan fingerprint density at radius 2 is 1.38 bits per heavy atom. The van der Waals surface area contributed by atoms with Crippen LogP contribution >= 0.6 is 50.5 Å². The van der Waals surface area contributed by atoms with Crippen molar-refractivity contribution in [3.05, 3.63) is 0 Å². The molecule has 0 heterocycles. The summed E-state index contributed by atoms with van der Waals surface area (Å²) in [6.45, 7) is 0. The highest BCUT2D eigenvalue weighted by atomic mass is 32.2. The molecule has 5 heteroatoms. The minimum absolute atomic E-state index is 0.231. The highest BCUT2D eigenvalue weighted by Gasteiger charge is 2.15. The molecule has 1 nitrogen and oxygen atoms in total. The molecule has 0 bridgehead atoms. The van der Waals surface area contributed by atoms with E-state index in [1.807, 2.05) is 0 Å². The number of rotatable bonds is 2. The van der Waals surface area contributed by atoms with Crippen molar-refractivity contribution in [1.29, 1.82) is 0 Å². The molecule has 8 heavy (non-hydrogen) atoms. The third kappa shape index (κ3) is 3.40. The Bertz CT molecular complexity index is 56.3. The van der Waals surface area contributed by atoms with Crippen LogP contribution in [-0.4, -0.2) is 20.4 Å². The van der Waals surface area contributed by atoms with E-state index in [2.05, 4.69) is 50.5 Å². The first-order chi connectivity index (χ1) is 3.55. The molecule has 0 saturated carbocycles. The first kappa shape index (κ1) is 9.36. The van der Waals surface area contributed by atoms with Crippen LogP contribution in [0.1, 0.15) is 0 Å². The van der Waals surface area contributed by atoms with E-state index in [1.165, 1.54) is 0 Å². The van der Waals surface area contributed by atoms with Crippen molar-refractivity contribution in [3.8, 4) is 0 Å². The Hall–Kier alpha value is 1.36. The molecule has 0 saturated heterocycles. The van der Waals surface area contributed by atoms with Crippen LogP contribution in [0.3, 0.4) is 0 Å². The normalized spacial score (nSPS) is 18.8. The second-order valence-corrected chi connectivity index (χ2v) is 3.96. The van der Waals surface area contributed by atoms with Crippen molar-refractivity contribution < 1.29 is 5.11 Å². The van der Waals surface area contributed by atoms with Gasteiger partial charge >= 0.3 is 0 Å². The Balaban J connectivity index is 3.46. The van der Waals surface area contributed by atoms with Crippen molar-refractivity contribution in [2.45, 2.75) is 15.3 Å². The third-order valence-electron chi connectivity index (χ3n) is 0.611. The van der Waals surface area contributed by atoms with Crippen molar-refractivity contribution in [2.75, 3.05) is 0 Å². The van der Waals surface area contributed by atoms with Crippen LogP contribution in [0.15, 0.2) is 0 Å². The lowest BCUT2D eigenvalue weighted by atomic mass is 10.5. The van der Waals surface area contributed by atoms with Gasteiger partial charge in [0.05, 0.1) is 9.83 Å². The highest BCUT2D eigenvalue weighted by molar-refractivity contribution is 8.00. The second-order valence-electron chi connectivity index (χ2n) is 1.32. The summed E-state index contributed by atoms with van der Waals surface area (Å²) in [5, 5.41) is 8.39. The summed E-state index contributed by atoms with van der Waals surface area (Å²) in [5.74, 6) is 0. The molecule has 0 aliphatic heterocycles. The summed E-state index contributed by atoms with van der Waals surface area (Å²) in [7, 11) is 0. The van der Waals surface area contributed by atoms with Crippen LogP contribution < -0.4 is 0 Å². The van der Waals surface area contributed by atoms with Gasteiger partial charge in [-0.3, -0.25) is 0 Å². The van der Waals surface area contributed by atoms with Crippen LogP contribution in [-0.2, 0) is 0 Å². The lowest BCUT2D eigenvalue weighted by molar-refractivity contribution is 0.267. The highest BCUT2D eigenvalue weighted by Crippen LogP contribution is 2.17. The summed E-state index contributed by atoms with van der Waals surface area (Å²) < 4.78 is -0.231. The van der Waals surface area contributed by atoms with Gasteiger partial charge < -0.3 is 5.11 Å². The Morgan fingerprint density at radius 3 is 1.38 bits per heavy atom. The molecule has 2 atom stereocenters. The van der Waals surface area contributed by atoms with Crippen LogP contribution in [0.2, 0.25) is 0 Å². The summed E-state index contributed by atoms with van der Waals surface area (Å²) in [6.07, 6.45) is 0. The van der Waals surface area contributed by atoms with Gasteiger partial charge in [-0.15, -0.1) is 12.6 Å². The fourth-order valence-electron chi connectivity index (χ4n) is 0.154. The molecule has 2 unspecified atom stereocenters. The molecule has 0 aliphatic rings. The number of thiol groups is 4. The van der Waals surface area contributed by atoms with E-state index >= 15 is 0 Å². The number of hydrogen-bond acceptors (Lipinski definition) is 5. The fraction of sp³-hybridized carbons (Fsp3) is 1.00. The average Bonchev–Trinajstić information content (AvgIpc) is 1.64. The maximum absolute atomic E-state index is 8.68. The molecule has 0 fully saturated rings. The quantitative estimate of drug-likeness (QED) is 0.319. The zero-order chi connectivity index (χ0) is 6.73. The van der Waals surface area contributed by atoms with E-state index in [0.29, 0.717) is 0 Å². The minimum Gasteiger partial charge on any atom is -0.381 e. The molecule has 0 spiro atoms. The molecule has 50 valence electrons. The third-order valence-corrected chi connectivity index (χ3v) is 2.86. The molecule has 1 N–H and O–H groups in total. The van der Waals surface area contributed by atoms with E-state index in [-0.39, 0.29) is 9.83 Å². The fourth-order valence-corrected chi connectivity index (χ4v) is 0.924. The predicted octanol–water partition coefficient (Wildman–Crippen LogP) is 0.719. The van der Waals surface area contributed by atoms with Crippen molar-refractivity contribution in [2.24, 2.45) is 0 Å². The molecule has 0 rings (SSSR count). The van der Waals surface area contributed by atoms with E-state index in [9.17, 15) is 0 Å². The van der Waals surface area contributed by atoms with Crippen LogP contribution in [0.25, 0.3) is 0 Å². The molecular weight excluding hydrogens is 180 g/mol. The number of aliphatic hydroxyl groups is 1. The maximum Gasteiger partial charge on any atom is 0.110 e. The molecular formula is C3H8OS4. The van der Waals surface area contributed by atoms with Gasteiger partial charge in [-0.2, -0.15) is 37.9 Å². The largest absolute Gasteiger partial charge is 0.381 e. The summed E-state index contributed by atoms with van der Waals surface area (Å²) in [4.78, 5) is 0. The van der Waals surface area contributed by atoms with Crippen molar-refractivity contribution >= 4 is 50.5 Å².